The second-order valence-corrected chi connectivity index (χ2v) is 8.43. The normalized spacial score (nSPS) is 13.5. The molecule has 0 fully saturated rings. The minimum atomic E-state index is -1.24. The second kappa shape index (κ2) is 13.1. The number of carbonyl (C=O) groups excluding carboxylic acids is 3. The molecule has 0 aliphatic rings. The van der Waals surface area contributed by atoms with Gasteiger partial charge in [0.25, 0.3) is 0 Å². The average Bonchev–Trinajstić information content (AvgIpc) is 3.29. The molecule has 3 atom stereocenters. The summed E-state index contributed by atoms with van der Waals surface area (Å²) in [6.07, 6.45) is 3.53. The van der Waals surface area contributed by atoms with Crippen LogP contribution in [0.3, 0.4) is 0 Å². The van der Waals surface area contributed by atoms with E-state index < -0.39 is 41.8 Å². The molecule has 0 unspecified atom stereocenters. The van der Waals surface area contributed by atoms with Gasteiger partial charge < -0.3 is 31.8 Å². The fourth-order valence-corrected chi connectivity index (χ4v) is 3.30. The lowest BCUT2D eigenvalue weighted by Crippen LogP contribution is -2.55. The number of nitrogens with two attached hydrogens (primary N) is 1. The molecule has 34 heavy (non-hydrogen) atoms. The van der Waals surface area contributed by atoms with Crippen molar-refractivity contribution in [2.45, 2.75) is 51.2 Å². The third kappa shape index (κ3) is 9.02. The van der Waals surface area contributed by atoms with E-state index in [1.165, 1.54) is 12.5 Å². The van der Waals surface area contributed by atoms with Crippen molar-refractivity contribution in [1.29, 1.82) is 0 Å². The van der Waals surface area contributed by atoms with Gasteiger partial charge in [0.15, 0.2) is 0 Å². The molecule has 0 bridgehead atoms. The Kier molecular flexibility index (Phi) is 10.2. The number of aromatic nitrogens is 2. The first-order valence-corrected chi connectivity index (χ1v) is 11.0. The quantitative estimate of drug-likeness (QED) is 0.232. The summed E-state index contributed by atoms with van der Waals surface area (Å²) in [5, 5.41) is 17.1. The van der Waals surface area contributed by atoms with Gasteiger partial charge in [-0.25, -0.2) is 9.78 Å². The molecule has 11 nitrogen and oxygen atoms in total. The second-order valence-electron chi connectivity index (χ2n) is 8.43. The van der Waals surface area contributed by atoms with Crippen molar-refractivity contribution in [2.75, 3.05) is 6.54 Å². The van der Waals surface area contributed by atoms with Gasteiger partial charge in [0.1, 0.15) is 12.1 Å². The number of nitrogens with zero attached hydrogens (tertiary/aromatic N) is 1. The highest BCUT2D eigenvalue weighted by molar-refractivity contribution is 5.92. The minimum Gasteiger partial charge on any atom is -0.480 e. The lowest BCUT2D eigenvalue weighted by molar-refractivity contribution is -0.142. The lowest BCUT2D eigenvalue weighted by Gasteiger charge is -2.22. The Hall–Kier alpha value is -3.73. The number of nitrogens with one attached hydrogen (secondary N) is 4. The molecule has 0 radical (unpaired) electrons. The third-order valence-corrected chi connectivity index (χ3v) is 5.00. The fraction of sp³-hybridized carbons (Fsp3) is 0.435. The fourth-order valence-electron chi connectivity index (χ4n) is 3.30. The van der Waals surface area contributed by atoms with Gasteiger partial charge in [-0.05, 0) is 17.9 Å². The molecule has 2 rings (SSSR count). The molecule has 11 heteroatoms. The molecule has 0 saturated heterocycles. The number of carboxylic acid groups (broad SMARTS) is 1. The first-order valence-electron chi connectivity index (χ1n) is 11.0. The van der Waals surface area contributed by atoms with Crippen molar-refractivity contribution in [3.63, 3.8) is 0 Å². The molecule has 1 aromatic heterocycles. The highest BCUT2D eigenvalue weighted by atomic mass is 16.4. The van der Waals surface area contributed by atoms with Gasteiger partial charge >= 0.3 is 5.97 Å². The molecule has 0 aliphatic carbocycles. The average molecular weight is 473 g/mol. The van der Waals surface area contributed by atoms with Gasteiger partial charge in [0, 0.05) is 19.0 Å². The summed E-state index contributed by atoms with van der Waals surface area (Å²) in [6.45, 7) is 3.51. The van der Waals surface area contributed by atoms with Crippen LogP contribution in [-0.2, 0) is 32.0 Å². The largest absolute Gasteiger partial charge is 0.480 e. The minimum absolute atomic E-state index is 0.0274. The summed E-state index contributed by atoms with van der Waals surface area (Å²) in [7, 11) is 0. The maximum Gasteiger partial charge on any atom is 0.326 e. The monoisotopic (exact) mass is 472 g/mol. The Morgan fingerprint density at radius 3 is 2.32 bits per heavy atom. The first kappa shape index (κ1) is 26.5. The summed E-state index contributed by atoms with van der Waals surface area (Å²) in [5.41, 5.74) is 7.06. The highest BCUT2D eigenvalue weighted by Crippen LogP contribution is 2.06. The smallest absolute Gasteiger partial charge is 0.326 e. The van der Waals surface area contributed by atoms with Gasteiger partial charge in [-0.1, -0.05) is 44.2 Å². The van der Waals surface area contributed by atoms with Crippen molar-refractivity contribution in [2.24, 2.45) is 11.7 Å². The summed E-state index contributed by atoms with van der Waals surface area (Å²) in [5.74, 6) is -2.73. The first-order chi connectivity index (χ1) is 16.2. The van der Waals surface area contributed by atoms with E-state index in [1.54, 1.807) is 24.3 Å². The van der Waals surface area contributed by atoms with Crippen LogP contribution in [0, 0.1) is 5.92 Å². The molecule has 1 aromatic carbocycles. The topological polar surface area (TPSA) is 179 Å². The Morgan fingerprint density at radius 2 is 1.74 bits per heavy atom. The highest BCUT2D eigenvalue weighted by Gasteiger charge is 2.27. The maximum atomic E-state index is 13.0. The van der Waals surface area contributed by atoms with Crippen molar-refractivity contribution < 1.29 is 24.3 Å². The molecular weight excluding hydrogens is 440 g/mol. The predicted octanol–water partition coefficient (Wildman–Crippen LogP) is -0.261. The Bertz CT molecular complexity index is 948. The van der Waals surface area contributed by atoms with Crippen molar-refractivity contribution in [3.05, 3.63) is 54.1 Å². The molecule has 0 aliphatic heterocycles. The van der Waals surface area contributed by atoms with Crippen LogP contribution in [-0.4, -0.2) is 63.4 Å². The van der Waals surface area contributed by atoms with Crippen LogP contribution in [0.4, 0.5) is 0 Å². The number of amides is 3. The molecule has 0 spiro atoms. The van der Waals surface area contributed by atoms with E-state index in [0.29, 0.717) is 12.1 Å². The van der Waals surface area contributed by atoms with Crippen molar-refractivity contribution >= 4 is 23.7 Å². The Balaban J connectivity index is 2.04. The van der Waals surface area contributed by atoms with E-state index in [1.807, 2.05) is 19.9 Å². The maximum absolute atomic E-state index is 13.0. The molecule has 2 aromatic rings. The van der Waals surface area contributed by atoms with Gasteiger partial charge in [-0.3, -0.25) is 14.4 Å². The van der Waals surface area contributed by atoms with Crippen LogP contribution < -0.4 is 21.7 Å². The van der Waals surface area contributed by atoms with E-state index in [4.69, 9.17) is 5.73 Å². The van der Waals surface area contributed by atoms with Crippen LogP contribution in [0.25, 0.3) is 0 Å². The van der Waals surface area contributed by atoms with Gasteiger partial charge in [-0.15, -0.1) is 0 Å². The molecular formula is C23H32N6O5. The summed E-state index contributed by atoms with van der Waals surface area (Å²) < 4.78 is 0. The van der Waals surface area contributed by atoms with Crippen LogP contribution >= 0.6 is 0 Å². The van der Waals surface area contributed by atoms with Crippen LogP contribution in [0.1, 0.15) is 31.5 Å². The number of carboxylic acids is 1. The zero-order chi connectivity index (χ0) is 25.1. The van der Waals surface area contributed by atoms with Gasteiger partial charge in [0.05, 0.1) is 24.6 Å². The zero-order valence-corrected chi connectivity index (χ0v) is 19.3. The molecule has 1 heterocycles. The van der Waals surface area contributed by atoms with Crippen LogP contribution in [0.15, 0.2) is 42.9 Å². The number of imidazole rings is 1. The summed E-state index contributed by atoms with van der Waals surface area (Å²) in [6, 6.07) is 5.94. The summed E-state index contributed by atoms with van der Waals surface area (Å²) in [4.78, 5) is 56.0. The van der Waals surface area contributed by atoms with Crippen LogP contribution in [0.2, 0.25) is 0 Å². The van der Waals surface area contributed by atoms with Crippen molar-refractivity contribution in [1.82, 2.24) is 25.9 Å². The van der Waals surface area contributed by atoms with Crippen molar-refractivity contribution in [3.8, 4) is 0 Å². The SMILES string of the molecule is CC(C)C[C@H](N)C(=O)NCC(=O)N[C@@H](Cc1ccccc1)C(=O)N[C@@H](Cc1c[nH]cn1)C(=O)O. The van der Waals surface area contributed by atoms with Crippen LogP contribution in [0.5, 0.6) is 0 Å². The predicted molar refractivity (Wildman–Crippen MR) is 124 cm³/mol. The van der Waals surface area contributed by atoms with Gasteiger partial charge in [0.2, 0.25) is 17.7 Å². The van der Waals surface area contributed by atoms with E-state index in [0.717, 1.165) is 5.56 Å². The molecule has 3 amide bonds. The van der Waals surface area contributed by atoms with Gasteiger partial charge in [-0.2, -0.15) is 0 Å². The van der Waals surface area contributed by atoms with E-state index in [9.17, 15) is 24.3 Å². The standard InChI is InChI=1S/C23H32N6O5/c1-14(2)8-17(24)21(31)26-12-20(30)28-18(9-15-6-4-3-5-7-15)22(32)29-19(23(33)34)10-16-11-25-13-27-16/h3-7,11,13-14,17-19H,8-10,12,24H2,1-2H3,(H,25,27)(H,26,31)(H,28,30)(H,29,32)(H,33,34)/t17-,18-,19-/m0/s1. The molecule has 184 valence electrons. The number of hydrogen-bond donors (Lipinski definition) is 6. The number of aliphatic carboxylic acids is 1. The molecule has 0 saturated carbocycles. The number of carbonyl (C=O) groups is 4. The van der Waals surface area contributed by atoms with E-state index in [2.05, 4.69) is 25.9 Å². The Morgan fingerprint density at radius 1 is 1.03 bits per heavy atom. The lowest BCUT2D eigenvalue weighted by atomic mass is 10.0. The van der Waals surface area contributed by atoms with E-state index >= 15 is 0 Å². The number of rotatable bonds is 13. The van der Waals surface area contributed by atoms with E-state index in [-0.39, 0.29) is 25.3 Å². The zero-order valence-electron chi connectivity index (χ0n) is 19.3. The number of benzene rings is 1. The summed E-state index contributed by atoms with van der Waals surface area (Å²) >= 11 is 0. The number of H-pyrrole nitrogens is 1. The number of hydrogen-bond acceptors (Lipinski definition) is 6. The molecule has 7 N–H and O–H groups in total. The number of aromatic amines is 1. The third-order valence-electron chi connectivity index (χ3n) is 5.00. The Labute approximate surface area is 197 Å².